The highest BCUT2D eigenvalue weighted by Gasteiger charge is 2.19. The van der Waals surface area contributed by atoms with E-state index in [0.29, 0.717) is 16.7 Å². The molecule has 7 aromatic carbocycles. The summed E-state index contributed by atoms with van der Waals surface area (Å²) in [6.07, 6.45) is 0. The van der Waals surface area contributed by atoms with E-state index in [1.54, 1.807) is 0 Å². The molecule has 9 aromatic rings. The Labute approximate surface area is 287 Å². The van der Waals surface area contributed by atoms with Crippen LogP contribution in [0.2, 0.25) is 0 Å². The molecular weight excluding hydrogens is 611 g/mol. The Balaban J connectivity index is 1.28. The minimum Gasteiger partial charge on any atom is -0.309 e. The lowest BCUT2D eigenvalue weighted by Gasteiger charge is -2.17. The first-order valence-corrected chi connectivity index (χ1v) is 16.3. The fraction of sp³-hybridized carbons (Fsp3) is 0. The number of nitrogens with zero attached hydrogens (tertiary/aromatic N) is 5. The number of rotatable bonds is 4. The standard InChI is InChI=1S/C45H25N5/c46-26-29-13-18-33(19-14-29)49-43-21-15-30(27-47)24-40(43)38-20-17-32(25-45(38)49)34-7-1-2-8-35(34)36-9-3-5-11-41(36)50-42-12-6-4-10-37(42)39-23-31(28-48)16-22-44(39)50/h1-25H. The maximum atomic E-state index is 9.71. The van der Waals surface area contributed by atoms with Gasteiger partial charge in [0.1, 0.15) is 0 Å². The fourth-order valence-electron chi connectivity index (χ4n) is 7.39. The minimum absolute atomic E-state index is 0.600. The lowest BCUT2D eigenvalue weighted by Crippen LogP contribution is -1.98. The molecule has 5 heteroatoms. The maximum Gasteiger partial charge on any atom is 0.0991 e. The van der Waals surface area contributed by atoms with E-state index in [1.165, 1.54) is 0 Å². The topological polar surface area (TPSA) is 81.2 Å². The van der Waals surface area contributed by atoms with Crippen LogP contribution in [-0.4, -0.2) is 9.13 Å². The summed E-state index contributed by atoms with van der Waals surface area (Å²) in [5.74, 6) is 0. The van der Waals surface area contributed by atoms with Crippen molar-refractivity contribution in [1.29, 1.82) is 15.8 Å². The largest absolute Gasteiger partial charge is 0.309 e. The first-order chi connectivity index (χ1) is 24.7. The second-order valence-corrected chi connectivity index (χ2v) is 12.3. The molecule has 0 aliphatic carbocycles. The van der Waals surface area contributed by atoms with E-state index in [4.69, 9.17) is 0 Å². The summed E-state index contributed by atoms with van der Waals surface area (Å²) in [4.78, 5) is 0. The SMILES string of the molecule is N#Cc1ccc(-n2c3ccc(C#N)cc3c3ccc(-c4ccccc4-c4ccccc4-n4c5ccccc5c5cc(C#N)ccc54)cc32)cc1. The molecule has 0 spiro atoms. The number of fused-ring (bicyclic) bond motifs is 6. The number of para-hydroxylation sites is 2. The van der Waals surface area contributed by atoms with Crippen molar-refractivity contribution in [3.05, 3.63) is 168 Å². The number of benzene rings is 7. The van der Waals surface area contributed by atoms with E-state index in [1.807, 2.05) is 66.7 Å². The van der Waals surface area contributed by atoms with Crippen LogP contribution >= 0.6 is 0 Å². The predicted molar refractivity (Wildman–Crippen MR) is 200 cm³/mol. The van der Waals surface area contributed by atoms with Crippen LogP contribution in [0.5, 0.6) is 0 Å². The summed E-state index contributed by atoms with van der Waals surface area (Å²) in [5.41, 5.74) is 12.3. The Morgan fingerprint density at radius 1 is 0.360 bits per heavy atom. The van der Waals surface area contributed by atoms with Gasteiger partial charge in [0.15, 0.2) is 0 Å². The minimum atomic E-state index is 0.600. The molecule has 9 rings (SSSR count). The molecule has 0 unspecified atom stereocenters. The van der Waals surface area contributed by atoms with Crippen LogP contribution in [-0.2, 0) is 0 Å². The van der Waals surface area contributed by atoms with Crippen LogP contribution in [0.15, 0.2) is 152 Å². The third kappa shape index (κ3) is 4.38. The second kappa shape index (κ2) is 11.4. The van der Waals surface area contributed by atoms with Crippen molar-refractivity contribution < 1.29 is 0 Å². The lowest BCUT2D eigenvalue weighted by molar-refractivity contribution is 1.18. The van der Waals surface area contributed by atoms with Gasteiger partial charge in [0.2, 0.25) is 0 Å². The van der Waals surface area contributed by atoms with Crippen LogP contribution in [0.3, 0.4) is 0 Å². The highest BCUT2D eigenvalue weighted by Crippen LogP contribution is 2.41. The number of hydrogen-bond acceptors (Lipinski definition) is 3. The molecular formula is C45H25N5. The summed E-state index contributed by atoms with van der Waals surface area (Å²) in [6.45, 7) is 0. The Kier molecular flexibility index (Phi) is 6.56. The summed E-state index contributed by atoms with van der Waals surface area (Å²) in [5, 5.41) is 33.0. The summed E-state index contributed by atoms with van der Waals surface area (Å²) in [7, 11) is 0. The third-order valence-corrected chi connectivity index (χ3v) is 9.62. The van der Waals surface area contributed by atoms with E-state index in [0.717, 1.165) is 77.2 Å². The van der Waals surface area contributed by atoms with Gasteiger partial charge >= 0.3 is 0 Å². The molecule has 2 aromatic heterocycles. The maximum absolute atomic E-state index is 9.71. The Bertz CT molecular complexity index is 2960. The van der Waals surface area contributed by atoms with Crippen LogP contribution in [0.4, 0.5) is 0 Å². The van der Waals surface area contributed by atoms with E-state index in [2.05, 4.69) is 112 Å². The van der Waals surface area contributed by atoms with E-state index in [9.17, 15) is 15.8 Å². The summed E-state index contributed by atoms with van der Waals surface area (Å²) in [6, 6.07) is 58.0. The fourth-order valence-corrected chi connectivity index (χ4v) is 7.39. The molecule has 0 atom stereocenters. The number of nitriles is 3. The molecule has 2 heterocycles. The van der Waals surface area contributed by atoms with Crippen molar-refractivity contribution in [2.45, 2.75) is 0 Å². The third-order valence-electron chi connectivity index (χ3n) is 9.62. The molecule has 0 aliphatic rings. The smallest absolute Gasteiger partial charge is 0.0991 e. The zero-order valence-electron chi connectivity index (χ0n) is 26.7. The number of aromatic nitrogens is 2. The van der Waals surface area contributed by atoms with E-state index < -0.39 is 0 Å². The molecule has 0 saturated heterocycles. The van der Waals surface area contributed by atoms with Crippen molar-refractivity contribution >= 4 is 43.6 Å². The van der Waals surface area contributed by atoms with Crippen molar-refractivity contribution in [3.8, 4) is 51.8 Å². The quantitative estimate of drug-likeness (QED) is 0.193. The average molecular weight is 636 g/mol. The van der Waals surface area contributed by atoms with Crippen LogP contribution in [0.25, 0.3) is 77.2 Å². The van der Waals surface area contributed by atoms with Crippen LogP contribution in [0.1, 0.15) is 16.7 Å². The Morgan fingerprint density at radius 2 is 0.900 bits per heavy atom. The highest BCUT2D eigenvalue weighted by molar-refractivity contribution is 6.12. The van der Waals surface area contributed by atoms with Gasteiger partial charge in [-0.1, -0.05) is 72.8 Å². The van der Waals surface area contributed by atoms with Gasteiger partial charge in [0.25, 0.3) is 0 Å². The van der Waals surface area contributed by atoms with Crippen LogP contribution < -0.4 is 0 Å². The van der Waals surface area contributed by atoms with Crippen molar-refractivity contribution in [1.82, 2.24) is 9.13 Å². The molecule has 0 aliphatic heterocycles. The van der Waals surface area contributed by atoms with Crippen molar-refractivity contribution in [3.63, 3.8) is 0 Å². The average Bonchev–Trinajstić information content (AvgIpc) is 3.69. The molecule has 230 valence electrons. The predicted octanol–water partition coefficient (Wildman–Crippen LogP) is 10.8. The molecule has 0 amide bonds. The highest BCUT2D eigenvalue weighted by atomic mass is 15.0. The molecule has 0 saturated carbocycles. The van der Waals surface area contributed by atoms with Gasteiger partial charge in [0.05, 0.1) is 62.7 Å². The van der Waals surface area contributed by atoms with Gasteiger partial charge in [-0.2, -0.15) is 15.8 Å². The van der Waals surface area contributed by atoms with Gasteiger partial charge in [-0.05, 0) is 95.6 Å². The van der Waals surface area contributed by atoms with Gasteiger partial charge < -0.3 is 9.13 Å². The van der Waals surface area contributed by atoms with Gasteiger partial charge in [0, 0.05) is 32.8 Å². The molecule has 0 bridgehead atoms. The molecule has 5 nitrogen and oxygen atoms in total. The van der Waals surface area contributed by atoms with Gasteiger partial charge in [-0.3, -0.25) is 0 Å². The van der Waals surface area contributed by atoms with Gasteiger partial charge in [-0.15, -0.1) is 0 Å². The lowest BCUT2D eigenvalue weighted by atomic mass is 9.93. The van der Waals surface area contributed by atoms with Crippen LogP contribution in [0, 0.1) is 34.0 Å². The molecule has 0 N–H and O–H groups in total. The van der Waals surface area contributed by atoms with E-state index in [-0.39, 0.29) is 0 Å². The normalized spacial score (nSPS) is 11.1. The first-order valence-electron chi connectivity index (χ1n) is 16.3. The summed E-state index contributed by atoms with van der Waals surface area (Å²) < 4.78 is 4.51. The van der Waals surface area contributed by atoms with E-state index >= 15 is 0 Å². The molecule has 0 fully saturated rings. The molecule has 50 heavy (non-hydrogen) atoms. The monoisotopic (exact) mass is 635 g/mol. The van der Waals surface area contributed by atoms with Gasteiger partial charge in [-0.25, -0.2) is 0 Å². The van der Waals surface area contributed by atoms with Crippen molar-refractivity contribution in [2.24, 2.45) is 0 Å². The molecule has 0 radical (unpaired) electrons. The van der Waals surface area contributed by atoms with Crippen molar-refractivity contribution in [2.75, 3.05) is 0 Å². The zero-order valence-corrected chi connectivity index (χ0v) is 26.7. The number of hydrogen-bond donors (Lipinski definition) is 0. The Hall–Kier alpha value is -7.39. The Morgan fingerprint density at radius 3 is 1.60 bits per heavy atom. The second-order valence-electron chi connectivity index (χ2n) is 12.3. The zero-order chi connectivity index (χ0) is 33.8. The first kappa shape index (κ1) is 28.8. The summed E-state index contributed by atoms with van der Waals surface area (Å²) >= 11 is 0.